The standard InChI is InChI=1S/C13H14ClFN2O/c1-9-6-11(16-18-9)8-17(2)7-10-4-3-5-12(14)13(10)15/h3-6H,7-8H2,1-2H3. The highest BCUT2D eigenvalue weighted by Gasteiger charge is 2.10. The lowest BCUT2D eigenvalue weighted by molar-refractivity contribution is 0.298. The minimum atomic E-state index is -0.359. The van der Waals surface area contributed by atoms with Gasteiger partial charge < -0.3 is 4.52 Å². The van der Waals surface area contributed by atoms with Gasteiger partial charge in [-0.15, -0.1) is 0 Å². The third-order valence-corrected chi connectivity index (χ3v) is 2.87. The van der Waals surface area contributed by atoms with Crippen LogP contribution in [-0.2, 0) is 13.1 Å². The van der Waals surface area contributed by atoms with Crippen LogP contribution in [0.5, 0.6) is 0 Å². The van der Waals surface area contributed by atoms with E-state index in [0.29, 0.717) is 18.7 Å². The van der Waals surface area contributed by atoms with E-state index >= 15 is 0 Å². The highest BCUT2D eigenvalue weighted by Crippen LogP contribution is 2.19. The number of hydrogen-bond donors (Lipinski definition) is 0. The first-order valence-electron chi connectivity index (χ1n) is 5.60. The second-order valence-electron chi connectivity index (χ2n) is 4.31. The van der Waals surface area contributed by atoms with E-state index in [9.17, 15) is 4.39 Å². The maximum atomic E-state index is 13.7. The Morgan fingerprint density at radius 1 is 1.39 bits per heavy atom. The highest BCUT2D eigenvalue weighted by molar-refractivity contribution is 6.30. The summed E-state index contributed by atoms with van der Waals surface area (Å²) in [6.45, 7) is 2.91. The lowest BCUT2D eigenvalue weighted by Gasteiger charge is -2.15. The van der Waals surface area contributed by atoms with Crippen LogP contribution < -0.4 is 0 Å². The van der Waals surface area contributed by atoms with Crippen molar-refractivity contribution in [3.05, 3.63) is 52.1 Å². The predicted octanol–water partition coefficient (Wildman–Crippen LogP) is 3.41. The second-order valence-corrected chi connectivity index (χ2v) is 4.72. The summed E-state index contributed by atoms with van der Waals surface area (Å²) in [7, 11) is 1.89. The molecule has 5 heteroatoms. The summed E-state index contributed by atoms with van der Waals surface area (Å²) in [5.74, 6) is 0.412. The third kappa shape index (κ3) is 3.09. The van der Waals surface area contributed by atoms with Crippen molar-refractivity contribution in [3.8, 4) is 0 Å². The van der Waals surface area contributed by atoms with E-state index < -0.39 is 0 Å². The second kappa shape index (κ2) is 5.50. The summed E-state index contributed by atoms with van der Waals surface area (Å²) >= 11 is 5.74. The molecule has 1 aromatic heterocycles. The zero-order valence-corrected chi connectivity index (χ0v) is 11.0. The molecule has 0 saturated carbocycles. The van der Waals surface area contributed by atoms with Gasteiger partial charge in [0.05, 0.1) is 10.7 Å². The van der Waals surface area contributed by atoms with Crippen LogP contribution in [0.2, 0.25) is 5.02 Å². The summed E-state index contributed by atoms with van der Waals surface area (Å²) in [6.07, 6.45) is 0. The van der Waals surface area contributed by atoms with Crippen molar-refractivity contribution in [3.63, 3.8) is 0 Å². The van der Waals surface area contributed by atoms with Crippen LogP contribution in [0.1, 0.15) is 17.0 Å². The summed E-state index contributed by atoms with van der Waals surface area (Å²) in [6, 6.07) is 6.88. The molecule has 1 heterocycles. The number of nitrogens with zero attached hydrogens (tertiary/aromatic N) is 2. The molecular weight excluding hydrogens is 255 g/mol. The maximum absolute atomic E-state index is 13.7. The number of rotatable bonds is 4. The lowest BCUT2D eigenvalue weighted by atomic mass is 10.2. The average Bonchev–Trinajstić information content (AvgIpc) is 2.70. The summed E-state index contributed by atoms with van der Waals surface area (Å²) in [5.41, 5.74) is 1.41. The first kappa shape index (κ1) is 13.1. The molecule has 0 aliphatic heterocycles. The monoisotopic (exact) mass is 268 g/mol. The zero-order valence-electron chi connectivity index (χ0n) is 10.3. The normalized spacial score (nSPS) is 11.2. The Morgan fingerprint density at radius 2 is 2.17 bits per heavy atom. The Balaban J connectivity index is 2.03. The van der Waals surface area contributed by atoms with E-state index in [4.69, 9.17) is 16.1 Å². The quantitative estimate of drug-likeness (QED) is 0.851. The Hall–Kier alpha value is -1.39. The van der Waals surface area contributed by atoms with Crippen molar-refractivity contribution in [2.75, 3.05) is 7.05 Å². The number of halogens is 2. The number of benzene rings is 1. The van der Waals surface area contributed by atoms with Gasteiger partial charge in [-0.3, -0.25) is 4.90 Å². The van der Waals surface area contributed by atoms with E-state index in [1.165, 1.54) is 0 Å². The smallest absolute Gasteiger partial charge is 0.146 e. The van der Waals surface area contributed by atoms with Crippen LogP contribution in [-0.4, -0.2) is 17.1 Å². The van der Waals surface area contributed by atoms with Crippen LogP contribution in [0.3, 0.4) is 0 Å². The highest BCUT2D eigenvalue weighted by atomic mass is 35.5. The summed E-state index contributed by atoms with van der Waals surface area (Å²) < 4.78 is 18.7. The predicted molar refractivity (Wildman–Crippen MR) is 67.8 cm³/mol. The first-order chi connectivity index (χ1) is 8.56. The fourth-order valence-electron chi connectivity index (χ4n) is 1.79. The maximum Gasteiger partial charge on any atom is 0.146 e. The van der Waals surface area contributed by atoms with Crippen molar-refractivity contribution in [2.24, 2.45) is 0 Å². The topological polar surface area (TPSA) is 29.3 Å². The van der Waals surface area contributed by atoms with E-state index in [1.807, 2.05) is 24.9 Å². The molecule has 96 valence electrons. The Kier molecular flexibility index (Phi) is 3.99. The van der Waals surface area contributed by atoms with Gasteiger partial charge in [0.15, 0.2) is 0 Å². The van der Waals surface area contributed by atoms with Gasteiger partial charge in [0.25, 0.3) is 0 Å². The number of aromatic nitrogens is 1. The molecule has 0 aliphatic rings. The molecule has 2 rings (SSSR count). The molecule has 3 nitrogen and oxygen atoms in total. The minimum Gasteiger partial charge on any atom is -0.361 e. The Bertz CT molecular complexity index is 542. The molecule has 18 heavy (non-hydrogen) atoms. The molecule has 1 aromatic carbocycles. The van der Waals surface area contributed by atoms with E-state index in [2.05, 4.69) is 5.16 Å². The van der Waals surface area contributed by atoms with Gasteiger partial charge >= 0.3 is 0 Å². The minimum absolute atomic E-state index is 0.151. The van der Waals surface area contributed by atoms with Gasteiger partial charge in [0, 0.05) is 24.7 Å². The third-order valence-electron chi connectivity index (χ3n) is 2.58. The summed E-state index contributed by atoms with van der Waals surface area (Å²) in [5, 5.41) is 4.05. The van der Waals surface area contributed by atoms with Gasteiger partial charge in [0.1, 0.15) is 11.6 Å². The van der Waals surface area contributed by atoms with Crippen molar-refractivity contribution >= 4 is 11.6 Å². The molecule has 0 bridgehead atoms. The lowest BCUT2D eigenvalue weighted by Crippen LogP contribution is -2.18. The molecule has 0 fully saturated rings. The van der Waals surface area contributed by atoms with Gasteiger partial charge in [-0.05, 0) is 20.0 Å². The molecular formula is C13H14ClFN2O. The SMILES string of the molecule is Cc1cc(CN(C)Cc2cccc(Cl)c2F)no1. The first-order valence-corrected chi connectivity index (χ1v) is 5.97. The van der Waals surface area contributed by atoms with Crippen LogP contribution in [0, 0.1) is 12.7 Å². The van der Waals surface area contributed by atoms with E-state index in [-0.39, 0.29) is 10.8 Å². The van der Waals surface area contributed by atoms with Crippen LogP contribution >= 0.6 is 11.6 Å². The van der Waals surface area contributed by atoms with Crippen LogP contribution in [0.15, 0.2) is 28.8 Å². The van der Waals surface area contributed by atoms with Gasteiger partial charge in [0.2, 0.25) is 0 Å². The van der Waals surface area contributed by atoms with Gasteiger partial charge in [-0.2, -0.15) is 0 Å². The van der Waals surface area contributed by atoms with E-state index in [1.54, 1.807) is 18.2 Å². The van der Waals surface area contributed by atoms with Crippen molar-refractivity contribution in [1.82, 2.24) is 10.1 Å². The van der Waals surface area contributed by atoms with Crippen LogP contribution in [0.25, 0.3) is 0 Å². The molecule has 0 amide bonds. The van der Waals surface area contributed by atoms with Crippen molar-refractivity contribution < 1.29 is 8.91 Å². The molecule has 0 saturated heterocycles. The number of hydrogen-bond acceptors (Lipinski definition) is 3. The Labute approximate surface area is 110 Å². The Morgan fingerprint density at radius 3 is 2.83 bits per heavy atom. The largest absolute Gasteiger partial charge is 0.361 e. The molecule has 0 unspecified atom stereocenters. The van der Waals surface area contributed by atoms with Crippen LogP contribution in [0.4, 0.5) is 4.39 Å². The van der Waals surface area contributed by atoms with Crippen molar-refractivity contribution in [2.45, 2.75) is 20.0 Å². The average molecular weight is 269 g/mol. The molecule has 0 radical (unpaired) electrons. The zero-order chi connectivity index (χ0) is 13.1. The van der Waals surface area contributed by atoms with Gasteiger partial charge in [-0.1, -0.05) is 28.9 Å². The molecule has 2 aromatic rings. The fraction of sp³-hybridized carbons (Fsp3) is 0.308. The molecule has 0 N–H and O–H groups in total. The molecule has 0 aliphatic carbocycles. The number of aryl methyl sites for hydroxylation is 1. The molecule has 0 spiro atoms. The summed E-state index contributed by atoms with van der Waals surface area (Å²) in [4.78, 5) is 1.95. The fourth-order valence-corrected chi connectivity index (χ4v) is 1.98. The van der Waals surface area contributed by atoms with E-state index in [0.717, 1.165) is 11.5 Å². The molecule has 0 atom stereocenters. The van der Waals surface area contributed by atoms with Crippen molar-refractivity contribution in [1.29, 1.82) is 0 Å². The van der Waals surface area contributed by atoms with Gasteiger partial charge in [-0.25, -0.2) is 4.39 Å².